The second-order valence-corrected chi connectivity index (χ2v) is 5.77. The number of hydrogen-bond acceptors (Lipinski definition) is 7. The minimum atomic E-state index is -1.89. The van der Waals surface area contributed by atoms with Crippen LogP contribution in [0, 0.1) is 20.2 Å². The monoisotopic (exact) mass is 314 g/mol. The van der Waals surface area contributed by atoms with Crippen LogP contribution in [0.3, 0.4) is 0 Å². The molecule has 1 fully saturated rings. The molecule has 2 bridgehead atoms. The average Bonchev–Trinajstić information content (AvgIpc) is 2.36. The molecule has 22 heavy (non-hydrogen) atoms. The Morgan fingerprint density at radius 1 is 1.32 bits per heavy atom. The predicted octanol–water partition coefficient (Wildman–Crippen LogP) is -1.38. The fraction of sp³-hybridized carbons (Fsp3) is 0.636. The van der Waals surface area contributed by atoms with Crippen LogP contribution < -0.4 is 5.73 Å². The number of carbonyl (C=O) groups excluding carboxylic acids is 1. The van der Waals surface area contributed by atoms with Gasteiger partial charge >= 0.3 is 5.97 Å². The summed E-state index contributed by atoms with van der Waals surface area (Å²) in [7, 11) is 0. The van der Waals surface area contributed by atoms with Crippen LogP contribution in [0.15, 0.2) is 11.6 Å². The van der Waals surface area contributed by atoms with Gasteiger partial charge in [-0.25, -0.2) is 0 Å². The summed E-state index contributed by atoms with van der Waals surface area (Å²) in [4.78, 5) is 44.9. The van der Waals surface area contributed by atoms with Crippen LogP contribution in [-0.2, 0) is 9.59 Å². The molecule has 11 heteroatoms. The molecule has 2 rings (SSSR count). The first-order valence-electron chi connectivity index (χ1n) is 6.35. The van der Waals surface area contributed by atoms with Crippen molar-refractivity contribution in [2.24, 2.45) is 5.73 Å². The van der Waals surface area contributed by atoms with Crippen LogP contribution >= 0.6 is 0 Å². The highest BCUT2D eigenvalue weighted by atomic mass is 16.6. The number of carboxylic acids is 1. The van der Waals surface area contributed by atoms with Crippen molar-refractivity contribution in [3.8, 4) is 0 Å². The highest BCUT2D eigenvalue weighted by Gasteiger charge is 2.64. The number of rotatable bonds is 5. The minimum Gasteiger partial charge on any atom is -0.480 e. The first-order chi connectivity index (χ1) is 10.1. The van der Waals surface area contributed by atoms with Gasteiger partial charge in [0, 0.05) is 21.5 Å². The van der Waals surface area contributed by atoms with E-state index in [1.807, 2.05) is 0 Å². The molecule has 1 amide bonds. The second-order valence-electron chi connectivity index (χ2n) is 5.77. The van der Waals surface area contributed by atoms with Gasteiger partial charge in [0.1, 0.15) is 0 Å². The van der Waals surface area contributed by atoms with E-state index in [2.05, 4.69) is 0 Å². The zero-order valence-electron chi connectivity index (χ0n) is 11.4. The number of carbonyl (C=O) groups is 2. The molecule has 3 N–H and O–H groups in total. The standard InChI is InChI=1S/C11H14N4O7/c12-9(18)7-1-10(14(19)20)4-11(2-7,15(21)22)6-13(5-10)3-8(16)17/h1H,2-6H2,(H2,12,18)(H,16,17)/t10-,11-/m1/s1. The molecular formula is C11H14N4O7. The third-order valence-corrected chi connectivity index (χ3v) is 4.04. The number of carboxylic acid groups (broad SMARTS) is 1. The molecule has 1 heterocycles. The second kappa shape index (κ2) is 5.02. The summed E-state index contributed by atoms with van der Waals surface area (Å²) in [6, 6.07) is 0. The van der Waals surface area contributed by atoms with Gasteiger partial charge in [-0.05, 0) is 0 Å². The molecule has 2 atom stereocenters. The Labute approximate surface area is 123 Å². The van der Waals surface area contributed by atoms with E-state index in [1.54, 1.807) is 0 Å². The highest BCUT2D eigenvalue weighted by Crippen LogP contribution is 2.42. The van der Waals surface area contributed by atoms with E-state index in [0.29, 0.717) is 0 Å². The largest absolute Gasteiger partial charge is 0.480 e. The third-order valence-electron chi connectivity index (χ3n) is 4.04. The van der Waals surface area contributed by atoms with E-state index in [1.165, 1.54) is 0 Å². The number of hydrogen-bond donors (Lipinski definition) is 2. The van der Waals surface area contributed by atoms with Crippen molar-refractivity contribution >= 4 is 11.9 Å². The molecule has 0 aromatic carbocycles. The maximum Gasteiger partial charge on any atom is 0.317 e. The Morgan fingerprint density at radius 2 is 1.95 bits per heavy atom. The van der Waals surface area contributed by atoms with Crippen molar-refractivity contribution in [2.75, 3.05) is 19.6 Å². The summed E-state index contributed by atoms with van der Waals surface area (Å²) in [5.74, 6) is -2.18. The normalized spacial score (nSPS) is 31.2. The Kier molecular flexibility index (Phi) is 3.61. The van der Waals surface area contributed by atoms with Crippen LogP contribution in [0.25, 0.3) is 0 Å². The number of nitrogens with two attached hydrogens (primary N) is 1. The van der Waals surface area contributed by atoms with Crippen LogP contribution in [-0.4, -0.2) is 62.4 Å². The maximum absolute atomic E-state index is 11.5. The van der Waals surface area contributed by atoms with Crippen molar-refractivity contribution in [1.82, 2.24) is 4.90 Å². The van der Waals surface area contributed by atoms with E-state index < -0.39 is 45.8 Å². The lowest BCUT2D eigenvalue weighted by atomic mass is 9.69. The molecule has 11 nitrogen and oxygen atoms in total. The zero-order chi connectivity index (χ0) is 16.7. The number of aliphatic carboxylic acids is 1. The number of nitrogens with zero attached hydrogens (tertiary/aromatic N) is 3. The first-order valence-corrected chi connectivity index (χ1v) is 6.35. The van der Waals surface area contributed by atoms with E-state index >= 15 is 0 Å². The van der Waals surface area contributed by atoms with Gasteiger partial charge in [-0.3, -0.25) is 34.7 Å². The van der Waals surface area contributed by atoms with E-state index in [0.717, 1.165) is 11.0 Å². The average molecular weight is 314 g/mol. The van der Waals surface area contributed by atoms with Crippen molar-refractivity contribution in [3.63, 3.8) is 0 Å². The lowest BCUT2D eigenvalue weighted by Crippen LogP contribution is -2.67. The van der Waals surface area contributed by atoms with Crippen LogP contribution in [0.5, 0.6) is 0 Å². The van der Waals surface area contributed by atoms with Gasteiger partial charge in [-0.15, -0.1) is 0 Å². The van der Waals surface area contributed by atoms with Crippen LogP contribution in [0.1, 0.15) is 12.8 Å². The van der Waals surface area contributed by atoms with Crippen molar-refractivity contribution < 1.29 is 24.5 Å². The van der Waals surface area contributed by atoms with Crippen LogP contribution in [0.4, 0.5) is 0 Å². The van der Waals surface area contributed by atoms with Gasteiger partial charge in [0.2, 0.25) is 11.4 Å². The maximum atomic E-state index is 11.5. The van der Waals surface area contributed by atoms with Gasteiger partial charge in [-0.1, -0.05) is 0 Å². The number of primary amides is 1. The lowest BCUT2D eigenvalue weighted by molar-refractivity contribution is -0.619. The Morgan fingerprint density at radius 3 is 2.41 bits per heavy atom. The van der Waals surface area contributed by atoms with Gasteiger partial charge < -0.3 is 10.8 Å². The Hall–Kier alpha value is -2.56. The predicted molar refractivity (Wildman–Crippen MR) is 70.0 cm³/mol. The van der Waals surface area contributed by atoms with E-state index in [4.69, 9.17) is 10.8 Å². The van der Waals surface area contributed by atoms with Crippen molar-refractivity contribution in [1.29, 1.82) is 0 Å². The fourth-order valence-electron chi connectivity index (χ4n) is 3.31. The molecule has 0 saturated carbocycles. The number of piperidine rings is 1. The summed E-state index contributed by atoms with van der Waals surface area (Å²) in [5.41, 5.74) is 1.31. The third kappa shape index (κ3) is 2.50. The molecule has 1 aliphatic heterocycles. The lowest BCUT2D eigenvalue weighted by Gasteiger charge is -2.44. The zero-order valence-corrected chi connectivity index (χ0v) is 11.4. The molecular weight excluding hydrogens is 300 g/mol. The highest BCUT2D eigenvalue weighted by molar-refractivity contribution is 5.92. The van der Waals surface area contributed by atoms with Gasteiger partial charge in [0.15, 0.2) is 0 Å². The Bertz CT molecular complexity index is 603. The summed E-state index contributed by atoms with van der Waals surface area (Å²) < 4.78 is 0. The number of amides is 1. The summed E-state index contributed by atoms with van der Waals surface area (Å²) in [6.07, 6.45) is 0.305. The molecule has 0 unspecified atom stereocenters. The fourth-order valence-corrected chi connectivity index (χ4v) is 3.31. The van der Waals surface area contributed by atoms with E-state index in [9.17, 15) is 29.8 Å². The molecule has 0 aromatic heterocycles. The molecule has 1 saturated heterocycles. The summed E-state index contributed by atoms with van der Waals surface area (Å²) in [6.45, 7) is -1.16. The number of fused-ring (bicyclic) bond motifs is 2. The first kappa shape index (κ1) is 15.8. The van der Waals surface area contributed by atoms with Crippen LogP contribution in [0.2, 0.25) is 0 Å². The topological polar surface area (TPSA) is 170 Å². The van der Waals surface area contributed by atoms with Gasteiger partial charge in [-0.2, -0.15) is 0 Å². The molecule has 120 valence electrons. The van der Waals surface area contributed by atoms with Gasteiger partial charge in [0.25, 0.3) is 5.54 Å². The van der Waals surface area contributed by atoms with Crippen molar-refractivity contribution in [3.05, 3.63) is 31.9 Å². The Balaban J connectivity index is 2.54. The summed E-state index contributed by atoms with van der Waals surface area (Å²) in [5, 5.41) is 31.8. The molecule has 0 radical (unpaired) electrons. The molecule has 0 spiro atoms. The van der Waals surface area contributed by atoms with Gasteiger partial charge in [0.05, 0.1) is 32.5 Å². The minimum absolute atomic E-state index is 0.158. The molecule has 1 aliphatic carbocycles. The van der Waals surface area contributed by atoms with E-state index in [-0.39, 0.29) is 25.1 Å². The molecule has 2 aliphatic rings. The number of likely N-dealkylation sites (tertiary alicyclic amines) is 1. The summed E-state index contributed by atoms with van der Waals surface area (Å²) >= 11 is 0. The number of nitro groups is 2. The smallest absolute Gasteiger partial charge is 0.317 e. The molecule has 0 aromatic rings. The van der Waals surface area contributed by atoms with Crippen molar-refractivity contribution in [2.45, 2.75) is 23.9 Å². The quantitative estimate of drug-likeness (QED) is 0.462. The SMILES string of the molecule is NC(=O)C1=C[C@]2([N+](=O)[O-])CN(CC(=O)O)C[C@@]([N+](=O)[O-])(C1)C2.